The van der Waals surface area contributed by atoms with E-state index in [1.807, 2.05) is 0 Å². The minimum absolute atomic E-state index is 0.697. The Hall–Kier alpha value is -0.350. The van der Waals surface area contributed by atoms with Crippen LogP contribution in [-0.2, 0) is 13.1 Å². The molecule has 0 spiro atoms. The molecule has 0 radical (unpaired) electrons. The van der Waals surface area contributed by atoms with Gasteiger partial charge in [0.1, 0.15) is 0 Å². The van der Waals surface area contributed by atoms with Gasteiger partial charge in [0.2, 0.25) is 0 Å². The summed E-state index contributed by atoms with van der Waals surface area (Å²) in [7, 11) is 0. The summed E-state index contributed by atoms with van der Waals surface area (Å²) in [5.74, 6) is 0. The molecule has 0 aromatic carbocycles. The average molecular weight is 314 g/mol. The molecular weight excluding hydrogens is 290 g/mol. The summed E-state index contributed by atoms with van der Waals surface area (Å²) in [5.41, 5.74) is 2.44. The molecule has 0 bridgehead atoms. The van der Waals surface area contributed by atoms with Crippen molar-refractivity contribution in [1.29, 1.82) is 0 Å². The molecule has 2 rings (SSSR count). The number of aryl methyl sites for hydroxylation is 2. The lowest BCUT2D eigenvalue weighted by Crippen LogP contribution is -2.34. The van der Waals surface area contributed by atoms with Gasteiger partial charge in [-0.15, -0.1) is 0 Å². The van der Waals surface area contributed by atoms with Gasteiger partial charge in [0.15, 0.2) is 0 Å². The van der Waals surface area contributed by atoms with Gasteiger partial charge in [-0.05, 0) is 56.0 Å². The molecule has 2 atom stereocenters. The number of nitrogens with zero attached hydrogens (tertiary/aromatic N) is 3. The summed E-state index contributed by atoms with van der Waals surface area (Å²) in [6.45, 7) is 10.9. The van der Waals surface area contributed by atoms with Gasteiger partial charge in [0, 0.05) is 25.2 Å². The van der Waals surface area contributed by atoms with Crippen LogP contribution in [0.5, 0.6) is 0 Å². The lowest BCUT2D eigenvalue weighted by atomic mass is 10.1. The largest absolute Gasteiger partial charge is 0.292 e. The Morgan fingerprint density at radius 3 is 2.67 bits per heavy atom. The number of hydrogen-bond donors (Lipinski definition) is 0. The molecule has 0 aliphatic carbocycles. The Bertz CT molecular complexity index is 413. The first-order chi connectivity index (χ1) is 8.58. The molecule has 1 aliphatic rings. The maximum absolute atomic E-state index is 4.59. The molecule has 2 heterocycles. The van der Waals surface area contributed by atoms with Crippen molar-refractivity contribution < 1.29 is 0 Å². The zero-order valence-corrected chi connectivity index (χ0v) is 13.5. The van der Waals surface area contributed by atoms with Gasteiger partial charge in [-0.25, -0.2) is 0 Å². The van der Waals surface area contributed by atoms with Gasteiger partial charge in [-0.1, -0.05) is 6.92 Å². The van der Waals surface area contributed by atoms with Crippen molar-refractivity contribution in [2.24, 2.45) is 0 Å². The summed E-state index contributed by atoms with van der Waals surface area (Å²) in [6, 6.07) is 1.44. The Morgan fingerprint density at radius 1 is 1.33 bits per heavy atom. The van der Waals surface area contributed by atoms with Crippen LogP contribution in [0.25, 0.3) is 0 Å². The average Bonchev–Trinajstić information content (AvgIpc) is 2.85. The first-order valence-corrected chi connectivity index (χ1v) is 7.85. The summed E-state index contributed by atoms with van der Waals surface area (Å²) in [5, 5.41) is 4.59. The number of halogens is 1. The second kappa shape index (κ2) is 5.74. The molecule has 1 aromatic heterocycles. The van der Waals surface area contributed by atoms with Crippen LogP contribution in [0.15, 0.2) is 4.47 Å². The van der Waals surface area contributed by atoms with E-state index in [9.17, 15) is 0 Å². The number of aromatic nitrogens is 2. The molecule has 1 saturated heterocycles. The molecule has 3 nitrogen and oxygen atoms in total. The minimum atomic E-state index is 0.697. The van der Waals surface area contributed by atoms with Gasteiger partial charge in [0.25, 0.3) is 0 Å². The maximum atomic E-state index is 4.59. The van der Waals surface area contributed by atoms with E-state index >= 15 is 0 Å². The second-order valence-electron chi connectivity index (χ2n) is 5.32. The molecule has 4 heteroatoms. The normalized spacial score (nSPS) is 24.9. The van der Waals surface area contributed by atoms with E-state index in [0.29, 0.717) is 6.04 Å². The topological polar surface area (TPSA) is 21.1 Å². The van der Waals surface area contributed by atoms with Crippen molar-refractivity contribution in [3.05, 3.63) is 15.9 Å². The highest BCUT2D eigenvalue weighted by Crippen LogP contribution is 2.30. The molecule has 1 fully saturated rings. The fourth-order valence-corrected chi connectivity index (χ4v) is 3.45. The van der Waals surface area contributed by atoms with Crippen LogP contribution >= 0.6 is 15.9 Å². The lowest BCUT2D eigenvalue weighted by molar-refractivity contribution is 0.183. The summed E-state index contributed by atoms with van der Waals surface area (Å²) >= 11 is 3.70. The van der Waals surface area contributed by atoms with Crippen LogP contribution in [0.2, 0.25) is 0 Å². The van der Waals surface area contributed by atoms with Gasteiger partial charge < -0.3 is 0 Å². The van der Waals surface area contributed by atoms with Crippen molar-refractivity contribution >= 4 is 15.9 Å². The number of likely N-dealkylation sites (tertiary alicyclic amines) is 1. The highest BCUT2D eigenvalue weighted by molar-refractivity contribution is 9.10. The standard InChI is InChI=1S/C14H24BrN3/c1-5-12-8-7-10(3)17(12)9-13-14(15)11(4)16-18(13)6-2/h10,12H,5-9H2,1-4H3. The first-order valence-electron chi connectivity index (χ1n) is 7.05. The van der Waals surface area contributed by atoms with Crippen molar-refractivity contribution in [1.82, 2.24) is 14.7 Å². The predicted molar refractivity (Wildman–Crippen MR) is 78.7 cm³/mol. The van der Waals surface area contributed by atoms with E-state index in [1.54, 1.807) is 0 Å². The molecular formula is C14H24BrN3. The Labute approximate surface area is 119 Å². The Morgan fingerprint density at radius 2 is 2.06 bits per heavy atom. The molecule has 0 saturated carbocycles. The monoisotopic (exact) mass is 313 g/mol. The Kier molecular flexibility index (Phi) is 4.49. The van der Waals surface area contributed by atoms with Crippen LogP contribution in [0.3, 0.4) is 0 Å². The van der Waals surface area contributed by atoms with E-state index in [-0.39, 0.29) is 0 Å². The highest BCUT2D eigenvalue weighted by atomic mass is 79.9. The van der Waals surface area contributed by atoms with E-state index in [2.05, 4.69) is 58.3 Å². The van der Waals surface area contributed by atoms with E-state index in [0.717, 1.165) is 24.8 Å². The van der Waals surface area contributed by atoms with E-state index in [1.165, 1.54) is 29.4 Å². The van der Waals surface area contributed by atoms with Crippen molar-refractivity contribution in [2.45, 2.75) is 72.1 Å². The van der Waals surface area contributed by atoms with E-state index < -0.39 is 0 Å². The zero-order valence-electron chi connectivity index (χ0n) is 11.9. The van der Waals surface area contributed by atoms with Crippen LogP contribution in [0, 0.1) is 6.92 Å². The summed E-state index contributed by atoms with van der Waals surface area (Å²) in [6.07, 6.45) is 3.92. The summed E-state index contributed by atoms with van der Waals surface area (Å²) in [4.78, 5) is 2.65. The quantitative estimate of drug-likeness (QED) is 0.844. The smallest absolute Gasteiger partial charge is 0.0739 e. The molecule has 1 aliphatic heterocycles. The third-order valence-electron chi connectivity index (χ3n) is 4.21. The highest BCUT2D eigenvalue weighted by Gasteiger charge is 2.30. The third-order valence-corrected chi connectivity index (χ3v) is 5.24. The molecule has 0 amide bonds. The fraction of sp³-hybridized carbons (Fsp3) is 0.786. The predicted octanol–water partition coefficient (Wildman–Crippen LogP) is 3.74. The maximum Gasteiger partial charge on any atom is 0.0739 e. The molecule has 2 unspecified atom stereocenters. The molecule has 1 aromatic rings. The van der Waals surface area contributed by atoms with Gasteiger partial charge >= 0.3 is 0 Å². The van der Waals surface area contributed by atoms with Crippen molar-refractivity contribution in [3.63, 3.8) is 0 Å². The zero-order chi connectivity index (χ0) is 13.3. The number of rotatable bonds is 4. The number of hydrogen-bond acceptors (Lipinski definition) is 2. The van der Waals surface area contributed by atoms with Gasteiger partial charge in [-0.2, -0.15) is 5.10 Å². The van der Waals surface area contributed by atoms with Crippen LogP contribution in [0.4, 0.5) is 0 Å². The Balaban J connectivity index is 2.22. The van der Waals surface area contributed by atoms with Gasteiger partial charge in [-0.3, -0.25) is 9.58 Å². The van der Waals surface area contributed by atoms with Crippen molar-refractivity contribution in [3.8, 4) is 0 Å². The minimum Gasteiger partial charge on any atom is -0.292 e. The molecule has 102 valence electrons. The lowest BCUT2D eigenvalue weighted by Gasteiger charge is -2.28. The SMILES string of the molecule is CCC1CCC(C)N1Cc1c(Br)c(C)nn1CC. The third kappa shape index (κ3) is 2.50. The van der Waals surface area contributed by atoms with Crippen molar-refractivity contribution in [2.75, 3.05) is 0 Å². The molecule has 0 N–H and O–H groups in total. The fourth-order valence-electron chi connectivity index (χ4n) is 3.04. The van der Waals surface area contributed by atoms with Crippen LogP contribution in [-0.4, -0.2) is 26.8 Å². The van der Waals surface area contributed by atoms with Gasteiger partial charge in [0.05, 0.1) is 15.9 Å². The van der Waals surface area contributed by atoms with E-state index in [4.69, 9.17) is 0 Å². The second-order valence-corrected chi connectivity index (χ2v) is 6.12. The van der Waals surface area contributed by atoms with Crippen LogP contribution < -0.4 is 0 Å². The first kappa shape index (κ1) is 14.1. The molecule has 18 heavy (non-hydrogen) atoms. The van der Waals surface area contributed by atoms with Crippen LogP contribution in [0.1, 0.15) is 51.4 Å². The summed E-state index contributed by atoms with van der Waals surface area (Å²) < 4.78 is 3.33.